The quantitative estimate of drug-likeness (QED) is 0.674. The van der Waals surface area contributed by atoms with E-state index in [0.29, 0.717) is 24.6 Å². The fraction of sp³-hybridized carbons (Fsp3) is 0.640. The summed E-state index contributed by atoms with van der Waals surface area (Å²) in [4.78, 5) is 40.7. The van der Waals surface area contributed by atoms with Gasteiger partial charge < -0.3 is 14.7 Å². The Morgan fingerprint density at radius 3 is 2.61 bits per heavy atom. The second kappa shape index (κ2) is 8.72. The Morgan fingerprint density at radius 1 is 1.09 bits per heavy atom. The molecule has 0 aromatic heterocycles. The number of amides is 3. The number of hydrogen-bond acceptors (Lipinski definition) is 6. The van der Waals surface area contributed by atoms with Gasteiger partial charge in [0.25, 0.3) is 5.91 Å². The highest BCUT2D eigenvalue weighted by Gasteiger charge is 2.40. The van der Waals surface area contributed by atoms with E-state index in [1.807, 2.05) is 19.1 Å². The van der Waals surface area contributed by atoms with Gasteiger partial charge in [-0.2, -0.15) is 0 Å². The smallest absolute Gasteiger partial charge is 0.255 e. The van der Waals surface area contributed by atoms with Crippen LogP contribution < -0.4 is 10.1 Å². The molecule has 3 atom stereocenters. The Morgan fingerprint density at radius 2 is 1.85 bits per heavy atom. The number of aliphatic hydroxyl groups is 1. The van der Waals surface area contributed by atoms with Crippen molar-refractivity contribution < 1.29 is 24.2 Å². The number of nitrogens with one attached hydrogen (secondary N) is 1. The minimum atomic E-state index is -0.606. The lowest BCUT2D eigenvalue weighted by molar-refractivity contribution is -0.136. The molecule has 3 amide bonds. The third-order valence-corrected chi connectivity index (χ3v) is 7.79. The topological polar surface area (TPSA) is 99.2 Å². The van der Waals surface area contributed by atoms with Crippen LogP contribution in [-0.4, -0.2) is 69.5 Å². The Kier molecular flexibility index (Phi) is 5.91. The number of hydrogen-bond donors (Lipinski definition) is 2. The Bertz CT molecular complexity index is 951. The van der Waals surface area contributed by atoms with E-state index in [1.165, 1.54) is 6.42 Å². The molecule has 1 aromatic carbocycles. The summed E-state index contributed by atoms with van der Waals surface area (Å²) in [6, 6.07) is 5.33. The molecule has 0 radical (unpaired) electrons. The first-order chi connectivity index (χ1) is 15.8. The molecule has 4 aliphatic rings. The van der Waals surface area contributed by atoms with Gasteiger partial charge >= 0.3 is 0 Å². The van der Waals surface area contributed by atoms with Crippen molar-refractivity contribution in [2.45, 2.75) is 88.6 Å². The first-order valence-electron chi connectivity index (χ1n) is 12.2. The third kappa shape index (κ3) is 4.51. The molecule has 1 unspecified atom stereocenters. The van der Waals surface area contributed by atoms with Crippen LogP contribution in [-0.2, 0) is 16.1 Å². The molecule has 0 spiro atoms. The largest absolute Gasteiger partial charge is 0.489 e. The number of carbonyl (C=O) groups is 3. The van der Waals surface area contributed by atoms with Crippen LogP contribution in [0.3, 0.4) is 0 Å². The summed E-state index contributed by atoms with van der Waals surface area (Å²) in [6.45, 7) is 4.05. The summed E-state index contributed by atoms with van der Waals surface area (Å²) in [5.41, 5.74) is 0.900. The second-order valence-electron chi connectivity index (χ2n) is 10.3. The van der Waals surface area contributed by atoms with Gasteiger partial charge in [-0.05, 0) is 69.2 Å². The Labute approximate surface area is 194 Å². The van der Waals surface area contributed by atoms with Gasteiger partial charge in [0.05, 0.1) is 5.60 Å². The van der Waals surface area contributed by atoms with Crippen LogP contribution in [0.4, 0.5) is 0 Å². The van der Waals surface area contributed by atoms with Crippen molar-refractivity contribution in [2.75, 3.05) is 13.1 Å². The maximum Gasteiger partial charge on any atom is 0.255 e. The molecule has 2 saturated heterocycles. The third-order valence-electron chi connectivity index (χ3n) is 7.79. The SMILES string of the molecule is CC1(O)CCN([C@H]2CCCC[C@H]2Oc2ccc3c(c2)CN(C2CCC(=O)NC2=O)C3=O)CC1. The predicted octanol–water partition coefficient (Wildman–Crippen LogP) is 1.98. The van der Waals surface area contributed by atoms with Gasteiger partial charge in [0, 0.05) is 37.7 Å². The Balaban J connectivity index is 1.28. The zero-order valence-corrected chi connectivity index (χ0v) is 19.2. The molecule has 0 bridgehead atoms. The second-order valence-corrected chi connectivity index (χ2v) is 10.3. The van der Waals surface area contributed by atoms with Crippen LogP contribution in [0.5, 0.6) is 5.75 Å². The number of likely N-dealkylation sites (tertiary alicyclic amines) is 1. The number of ether oxygens (including phenoxy) is 1. The molecule has 1 aromatic rings. The van der Waals surface area contributed by atoms with E-state index < -0.39 is 17.6 Å². The fourth-order valence-electron chi connectivity index (χ4n) is 5.77. The summed E-state index contributed by atoms with van der Waals surface area (Å²) in [6.07, 6.45) is 6.69. The number of fused-ring (bicyclic) bond motifs is 1. The highest BCUT2D eigenvalue weighted by molar-refractivity contribution is 6.05. The summed E-state index contributed by atoms with van der Waals surface area (Å²) in [5.74, 6) is -0.0839. The lowest BCUT2D eigenvalue weighted by atomic mass is 9.87. The number of benzene rings is 1. The van der Waals surface area contributed by atoms with Gasteiger partial charge in [0.1, 0.15) is 17.9 Å². The minimum Gasteiger partial charge on any atom is -0.489 e. The molecule has 8 heteroatoms. The molecule has 2 N–H and O–H groups in total. The Hall–Kier alpha value is -2.45. The molecule has 178 valence electrons. The van der Waals surface area contributed by atoms with Crippen LogP contribution in [0.25, 0.3) is 0 Å². The lowest BCUT2D eigenvalue weighted by Gasteiger charge is -2.44. The van der Waals surface area contributed by atoms with Crippen molar-refractivity contribution in [3.8, 4) is 5.75 Å². The van der Waals surface area contributed by atoms with E-state index in [2.05, 4.69) is 10.2 Å². The maximum atomic E-state index is 12.9. The van der Waals surface area contributed by atoms with E-state index >= 15 is 0 Å². The van der Waals surface area contributed by atoms with Crippen molar-refractivity contribution >= 4 is 17.7 Å². The first kappa shape index (κ1) is 22.3. The number of piperidine rings is 2. The van der Waals surface area contributed by atoms with Crippen LogP contribution >= 0.6 is 0 Å². The van der Waals surface area contributed by atoms with Gasteiger partial charge in [-0.1, -0.05) is 6.42 Å². The van der Waals surface area contributed by atoms with Gasteiger partial charge in [-0.15, -0.1) is 0 Å². The normalized spacial score (nSPS) is 30.2. The van der Waals surface area contributed by atoms with Crippen molar-refractivity contribution in [3.05, 3.63) is 29.3 Å². The van der Waals surface area contributed by atoms with Gasteiger partial charge in [0.15, 0.2) is 0 Å². The molecule has 3 aliphatic heterocycles. The van der Waals surface area contributed by atoms with Crippen molar-refractivity contribution in [1.82, 2.24) is 15.1 Å². The molecule has 8 nitrogen and oxygen atoms in total. The molecular weight excluding hydrogens is 422 g/mol. The highest BCUT2D eigenvalue weighted by Crippen LogP contribution is 2.34. The highest BCUT2D eigenvalue weighted by atomic mass is 16.5. The average Bonchev–Trinajstić information content (AvgIpc) is 3.10. The van der Waals surface area contributed by atoms with E-state index in [0.717, 1.165) is 56.5 Å². The van der Waals surface area contributed by atoms with Gasteiger partial charge in [0.2, 0.25) is 11.8 Å². The number of rotatable bonds is 4. The molecule has 1 saturated carbocycles. The predicted molar refractivity (Wildman–Crippen MR) is 121 cm³/mol. The standard InChI is InChI=1S/C25H33N3O5/c1-25(32)10-12-27(13-11-25)19-4-2-3-5-21(19)33-17-6-7-18-16(14-17)15-28(24(18)31)20-8-9-22(29)26-23(20)30/h6-7,14,19-21,32H,2-5,8-13,15H2,1H3,(H,26,29,30)/t19-,20?,21+/m0/s1. The van der Waals surface area contributed by atoms with Crippen LogP contribution in [0.1, 0.15) is 74.2 Å². The summed E-state index contributed by atoms with van der Waals surface area (Å²) >= 11 is 0. The molecule has 33 heavy (non-hydrogen) atoms. The lowest BCUT2D eigenvalue weighted by Crippen LogP contribution is -2.53. The summed E-state index contributed by atoms with van der Waals surface area (Å²) in [5, 5.41) is 12.7. The van der Waals surface area contributed by atoms with Crippen LogP contribution in [0, 0.1) is 0 Å². The number of imide groups is 1. The summed E-state index contributed by atoms with van der Waals surface area (Å²) in [7, 11) is 0. The van der Waals surface area contributed by atoms with Crippen molar-refractivity contribution in [2.24, 2.45) is 0 Å². The zero-order valence-electron chi connectivity index (χ0n) is 19.2. The van der Waals surface area contributed by atoms with Crippen LogP contribution in [0.2, 0.25) is 0 Å². The van der Waals surface area contributed by atoms with Crippen molar-refractivity contribution in [3.63, 3.8) is 0 Å². The molecule has 3 fully saturated rings. The van der Waals surface area contributed by atoms with E-state index in [1.54, 1.807) is 11.0 Å². The van der Waals surface area contributed by atoms with E-state index in [4.69, 9.17) is 4.74 Å². The monoisotopic (exact) mass is 455 g/mol. The number of nitrogens with zero attached hydrogens (tertiary/aromatic N) is 2. The average molecular weight is 456 g/mol. The first-order valence-corrected chi connectivity index (χ1v) is 12.2. The van der Waals surface area contributed by atoms with Gasteiger partial charge in [-0.3, -0.25) is 24.6 Å². The molecule has 3 heterocycles. The van der Waals surface area contributed by atoms with E-state index in [-0.39, 0.29) is 24.3 Å². The summed E-state index contributed by atoms with van der Waals surface area (Å²) < 4.78 is 6.49. The molecular formula is C25H33N3O5. The molecule has 5 rings (SSSR count). The number of carbonyl (C=O) groups excluding carboxylic acids is 3. The van der Waals surface area contributed by atoms with Crippen LogP contribution in [0.15, 0.2) is 18.2 Å². The zero-order chi connectivity index (χ0) is 23.2. The maximum absolute atomic E-state index is 12.9. The minimum absolute atomic E-state index is 0.0863. The van der Waals surface area contributed by atoms with Gasteiger partial charge in [-0.25, -0.2) is 0 Å². The van der Waals surface area contributed by atoms with E-state index in [9.17, 15) is 19.5 Å². The van der Waals surface area contributed by atoms with Crippen molar-refractivity contribution in [1.29, 1.82) is 0 Å². The molecule has 1 aliphatic carbocycles. The fourth-order valence-corrected chi connectivity index (χ4v) is 5.77.